The number of benzene rings is 6. The number of methoxy groups -OCH3 is 1. The zero-order valence-electron chi connectivity index (χ0n) is 83.4. The minimum atomic E-state index is -1.23. The zero-order chi connectivity index (χ0) is 103. The monoisotopic (exact) mass is 2010 g/mol. The number of phenols is 2. The van der Waals surface area contributed by atoms with Crippen LogP contribution in [-0.2, 0) is 133 Å². The molecule has 13 N–H and O–H groups in total. The van der Waals surface area contributed by atoms with E-state index >= 15 is 0 Å². The van der Waals surface area contributed by atoms with Crippen LogP contribution in [0.5, 0.6) is 23.0 Å². The van der Waals surface area contributed by atoms with Crippen molar-refractivity contribution in [2.24, 2.45) is 11.8 Å². The molecule has 10 atom stereocenters. The van der Waals surface area contributed by atoms with Crippen molar-refractivity contribution in [3.05, 3.63) is 189 Å². The smallest absolute Gasteiger partial charge is 0.323 e. The molecular formula is C107H141ClN14O22. The summed E-state index contributed by atoms with van der Waals surface area (Å²) in [6, 6.07) is 30.0. The summed E-state index contributed by atoms with van der Waals surface area (Å²) >= 11 is 0. The number of carbonyl (C=O) groups is 16. The second-order valence-corrected chi connectivity index (χ2v) is 38.3. The Morgan fingerprint density at radius 3 is 1.19 bits per heavy atom. The molecule has 37 heteroatoms. The maximum atomic E-state index is 14.7. The van der Waals surface area contributed by atoms with E-state index in [1.165, 1.54) is 26.7 Å². The Kier molecular flexibility index (Phi) is 43.8. The molecule has 6 aromatic rings. The summed E-state index contributed by atoms with van der Waals surface area (Å²) in [6.45, 7) is 4.81. The van der Waals surface area contributed by atoms with Gasteiger partial charge in [0.25, 0.3) is 11.8 Å². The van der Waals surface area contributed by atoms with Gasteiger partial charge in [-0.05, 0) is 193 Å². The molecule has 6 bridgehead atoms. The summed E-state index contributed by atoms with van der Waals surface area (Å²) in [5.41, 5.74) is 8.59. The molecule has 6 heterocycles. The number of nitrogens with one attached hydrogen (secondary N) is 10. The van der Waals surface area contributed by atoms with Crippen LogP contribution in [0.1, 0.15) is 236 Å². The number of aliphatic carboxylic acids is 1. The molecule has 0 saturated heterocycles. The van der Waals surface area contributed by atoms with E-state index in [-0.39, 0.29) is 122 Å². The Bertz CT molecular complexity index is 5210. The first-order chi connectivity index (χ1) is 68.8. The predicted octanol–water partition coefficient (Wildman–Crippen LogP) is 8.02. The number of hydrogen-bond donors (Lipinski definition) is 13. The molecule has 6 aliphatic heterocycles. The second kappa shape index (κ2) is 56.1. The molecular weight excluding hydrogens is 1870 g/mol. The number of carbonyl (C=O) groups excluding carboxylic acids is 15. The standard InChI is InChI=1S/2C43H58N6O8.C11H13NO3.C10H11NO3.ClH/c2*1-4-15-33(39(52)41(54)44-26-36(51)47-37(42(55)48(2)3)28-16-9-7-10-17-28)45-40(53)34-25-30-21-22-32-24-31(30)27-49(34)43(56)38(29-18-11-8-12-19-29)46-35(50)20-13-5-6-14-23-57-32;1-15-11(14)10-5-7-2-3-9(13)4-8(7)6-12-10;12-8-2-1-6-4-9(10(13)14)11-5-7(6)3-8;/h2*7,9-10,16-17,21-22,24,29,33-34,37-38H,4-6,8,11-15,18-20,23,25-27H2,1-3H3,(H,44,54)(H,45,53)(H,46,50)(H,47,51);2-4,10,12-13H,5-6H2,1H3;1-3,9,11-12H,4-5H2,(H,13,14);1H/t33-,34+,37+,38+;33-,34-,37-,38-;;;/m10.../s1. The number of likely N-dealkylation sites (N-methyl/N-ethyl adjacent to an activating group) is 2. The number of rotatable bonds is 26. The fourth-order valence-electron chi connectivity index (χ4n) is 19.4. The number of carboxylic acids is 1. The molecule has 12 amide bonds. The quantitative estimate of drug-likeness (QED) is 0.0180. The third kappa shape index (κ3) is 32.3. The van der Waals surface area contributed by atoms with E-state index in [1.807, 2.05) is 56.3 Å². The Hall–Kier alpha value is -13.4. The van der Waals surface area contributed by atoms with E-state index in [9.17, 15) is 86.9 Å². The molecule has 2 unspecified atom stereocenters. The van der Waals surface area contributed by atoms with Crippen molar-refractivity contribution in [3.8, 4) is 23.0 Å². The lowest BCUT2D eigenvalue weighted by molar-refractivity contribution is -0.147. The van der Waals surface area contributed by atoms with Gasteiger partial charge in [-0.3, -0.25) is 76.7 Å². The molecule has 6 aromatic carbocycles. The molecule has 0 radical (unpaired) electrons. The highest BCUT2D eigenvalue weighted by Gasteiger charge is 2.46. The van der Waals surface area contributed by atoms with Gasteiger partial charge in [0.1, 0.15) is 71.3 Å². The van der Waals surface area contributed by atoms with Crippen LogP contribution < -0.4 is 62.6 Å². The Morgan fingerprint density at radius 1 is 0.444 bits per heavy atom. The van der Waals surface area contributed by atoms with Crippen molar-refractivity contribution in [2.75, 3.05) is 61.6 Å². The van der Waals surface area contributed by atoms with Crippen LogP contribution in [-0.4, -0.2) is 239 Å². The Balaban J connectivity index is 0.000000228. The van der Waals surface area contributed by atoms with Gasteiger partial charge in [0.2, 0.25) is 70.6 Å². The molecule has 14 rings (SSSR count). The number of carboxylic acid groups (broad SMARTS) is 1. The number of hydrogen-bond acceptors (Lipinski definition) is 23. The van der Waals surface area contributed by atoms with Crippen LogP contribution in [0.2, 0.25) is 0 Å². The van der Waals surface area contributed by atoms with Crippen LogP contribution in [0.4, 0.5) is 0 Å². The average Bonchev–Trinajstić information content (AvgIpc) is 0.775. The van der Waals surface area contributed by atoms with Crippen molar-refractivity contribution in [3.63, 3.8) is 0 Å². The lowest BCUT2D eigenvalue weighted by Gasteiger charge is -2.40. The van der Waals surface area contributed by atoms with E-state index in [4.69, 9.17) is 14.6 Å². The number of aromatic hydroxyl groups is 2. The number of fused-ring (bicyclic) bond motifs is 6. The van der Waals surface area contributed by atoms with Gasteiger partial charge in [0.05, 0.1) is 45.5 Å². The largest absolute Gasteiger partial charge is 0.508 e. The van der Waals surface area contributed by atoms with Crippen molar-refractivity contribution >= 4 is 107 Å². The SMILES string of the molecule is CCC[C@@H](NC(=O)[C@@H]1Cc2ccc3cc2CN1C(=O)[C@H](C1CCCCC1)NC(=O)CCCCCCO3)C(=O)C(=O)NCC(=O)N[C@H](C(=O)N(C)C)c1ccccc1.CCC[C@H](NC(=O)[C@@H]1Cc2ccc3cc2CN1C(=O)[C@H](C1CCCCC1)NC(=O)CCCCCCO3)C(=O)C(=O)NCC(=O)N[C@H](C(=O)N(C)C)c1ccccc1.COC(=O)C1Cc2ccc(O)cc2CN1.Cl.O=C(O)C1Cc2ccc(O)cc2CN1. The Morgan fingerprint density at radius 2 is 0.812 bits per heavy atom. The van der Waals surface area contributed by atoms with E-state index in [1.54, 1.807) is 119 Å². The molecule has 0 spiro atoms. The maximum absolute atomic E-state index is 14.7. The number of nitrogens with zero attached hydrogens (tertiary/aromatic N) is 4. The third-order valence-corrected chi connectivity index (χ3v) is 27.4. The van der Waals surface area contributed by atoms with Gasteiger partial charge < -0.3 is 102 Å². The van der Waals surface area contributed by atoms with E-state index < -0.39 is 120 Å². The first-order valence-electron chi connectivity index (χ1n) is 50.2. The molecule has 778 valence electrons. The van der Waals surface area contributed by atoms with Crippen molar-refractivity contribution in [2.45, 2.75) is 280 Å². The van der Waals surface area contributed by atoms with Crippen LogP contribution in [0.25, 0.3) is 0 Å². The van der Waals surface area contributed by atoms with Gasteiger partial charge in [-0.15, -0.1) is 12.4 Å². The molecule has 144 heavy (non-hydrogen) atoms. The van der Waals surface area contributed by atoms with Crippen molar-refractivity contribution in [1.29, 1.82) is 0 Å². The van der Waals surface area contributed by atoms with Crippen LogP contribution in [0.15, 0.2) is 133 Å². The summed E-state index contributed by atoms with van der Waals surface area (Å²) < 4.78 is 16.8. The number of amides is 12. The van der Waals surface area contributed by atoms with Crippen LogP contribution >= 0.6 is 12.4 Å². The lowest BCUT2D eigenvalue weighted by atomic mass is 9.82. The van der Waals surface area contributed by atoms with Gasteiger partial charge in [0, 0.05) is 80.1 Å². The predicted molar refractivity (Wildman–Crippen MR) is 537 cm³/mol. The summed E-state index contributed by atoms with van der Waals surface area (Å²) in [6.07, 6.45) is 18.9. The normalized spacial score (nSPS) is 20.0. The molecule has 2 fully saturated rings. The molecule has 36 nitrogen and oxygen atoms in total. The molecule has 2 aliphatic carbocycles. The molecule has 0 aromatic heterocycles. The van der Waals surface area contributed by atoms with Crippen molar-refractivity contribution in [1.82, 2.24) is 72.8 Å². The fourth-order valence-corrected chi connectivity index (χ4v) is 19.4. The highest BCUT2D eigenvalue weighted by Crippen LogP contribution is 2.37. The second-order valence-electron chi connectivity index (χ2n) is 38.3. The van der Waals surface area contributed by atoms with Gasteiger partial charge >= 0.3 is 11.9 Å². The average molecular weight is 2010 g/mol. The fraction of sp³-hybridized carbons (Fsp3) is 0.514. The Labute approximate surface area is 847 Å². The summed E-state index contributed by atoms with van der Waals surface area (Å²) in [5.74, 6) is -7.75. The zero-order valence-corrected chi connectivity index (χ0v) is 84.2. The number of halogens is 1. The first kappa shape index (κ1) is 113. The number of Topliss-reactive ketones (excluding diaryl/α,β-unsaturated/α-hetero) is 2. The summed E-state index contributed by atoms with van der Waals surface area (Å²) in [7, 11) is 7.65. The minimum absolute atomic E-state index is 0. The van der Waals surface area contributed by atoms with E-state index in [0.717, 1.165) is 147 Å². The van der Waals surface area contributed by atoms with Gasteiger partial charge in [-0.1, -0.05) is 176 Å². The minimum Gasteiger partial charge on any atom is -0.508 e. The van der Waals surface area contributed by atoms with E-state index in [0.29, 0.717) is 100 Å². The molecule has 8 aliphatic rings. The summed E-state index contributed by atoms with van der Waals surface area (Å²) in [4.78, 5) is 218. The maximum Gasteiger partial charge on any atom is 0.323 e. The lowest BCUT2D eigenvalue weighted by Crippen LogP contribution is -2.61. The van der Waals surface area contributed by atoms with Crippen LogP contribution in [0.3, 0.4) is 0 Å². The van der Waals surface area contributed by atoms with Crippen LogP contribution in [0, 0.1) is 11.8 Å². The summed E-state index contributed by atoms with van der Waals surface area (Å²) in [5, 5.41) is 54.9. The number of esters is 1. The number of ketones is 2. The molecule has 2 saturated carbocycles. The van der Waals surface area contributed by atoms with Gasteiger partial charge in [0.15, 0.2) is 0 Å². The van der Waals surface area contributed by atoms with Crippen molar-refractivity contribution < 1.29 is 106 Å². The topological polar surface area (TPSA) is 495 Å². The number of phenolic OH excluding ortho intramolecular Hbond substituents is 2. The van der Waals surface area contributed by atoms with Gasteiger partial charge in [-0.2, -0.15) is 0 Å². The van der Waals surface area contributed by atoms with E-state index in [2.05, 4.69) is 57.9 Å². The highest BCUT2D eigenvalue weighted by molar-refractivity contribution is 6.39. The first-order valence-corrected chi connectivity index (χ1v) is 50.2. The third-order valence-electron chi connectivity index (χ3n) is 27.4. The number of ether oxygens (including phenoxy) is 3. The van der Waals surface area contributed by atoms with Gasteiger partial charge in [-0.25, -0.2) is 0 Å². The highest BCUT2D eigenvalue weighted by atomic mass is 35.5.